The molecule has 0 bridgehead atoms. The first kappa shape index (κ1) is 23.5. The van der Waals surface area contributed by atoms with Gasteiger partial charge in [-0.1, -0.05) is 0 Å². The minimum absolute atomic E-state index is 0.138. The van der Waals surface area contributed by atoms with Crippen molar-refractivity contribution in [3.63, 3.8) is 0 Å². The molecule has 2 aromatic heterocycles. The van der Waals surface area contributed by atoms with Crippen molar-refractivity contribution in [3.8, 4) is 17.1 Å². The van der Waals surface area contributed by atoms with Gasteiger partial charge in [-0.3, -0.25) is 4.72 Å². The fraction of sp³-hybridized carbons (Fsp3) is 0.0417. The van der Waals surface area contributed by atoms with Crippen LogP contribution in [-0.2, 0) is 10.0 Å². The van der Waals surface area contributed by atoms with Crippen LogP contribution in [0, 0.1) is 3.57 Å². The molecule has 0 fully saturated rings. The van der Waals surface area contributed by atoms with Crippen LogP contribution >= 0.6 is 33.9 Å². The van der Waals surface area contributed by atoms with Crippen LogP contribution in [-0.4, -0.2) is 30.5 Å². The lowest BCUT2D eigenvalue weighted by Crippen LogP contribution is -2.12. The molecule has 0 amide bonds. The van der Waals surface area contributed by atoms with Crippen molar-refractivity contribution in [2.45, 2.75) is 4.90 Å². The van der Waals surface area contributed by atoms with Crippen LogP contribution in [0.5, 0.6) is 5.75 Å². The number of hydrogen-bond donors (Lipinski definition) is 2. The Bertz CT molecular complexity index is 1590. The number of aromatic nitrogens is 3. The number of hydrogen-bond acceptors (Lipinski definition) is 8. The van der Waals surface area contributed by atoms with Crippen LogP contribution in [0.4, 0.5) is 16.6 Å². The maximum atomic E-state index is 12.6. The van der Waals surface area contributed by atoms with Gasteiger partial charge in [0.05, 0.1) is 17.5 Å². The highest BCUT2D eigenvalue weighted by molar-refractivity contribution is 14.1. The van der Waals surface area contributed by atoms with Crippen LogP contribution in [0.25, 0.3) is 22.3 Å². The van der Waals surface area contributed by atoms with Gasteiger partial charge in [0.1, 0.15) is 11.6 Å². The number of sulfonamides is 1. The minimum Gasteiger partial charge on any atom is -0.497 e. The summed E-state index contributed by atoms with van der Waals surface area (Å²) in [5.74, 6) is 1.94. The smallest absolute Gasteiger partial charge is 0.263 e. The van der Waals surface area contributed by atoms with E-state index < -0.39 is 10.0 Å². The summed E-state index contributed by atoms with van der Waals surface area (Å²) >= 11 is 3.47. The third-order valence-corrected chi connectivity index (χ3v) is 7.93. The molecule has 0 saturated heterocycles. The molecule has 0 aliphatic heterocycles. The highest BCUT2D eigenvalue weighted by Crippen LogP contribution is 2.30. The van der Waals surface area contributed by atoms with E-state index in [4.69, 9.17) is 14.7 Å². The molecule has 35 heavy (non-hydrogen) atoms. The van der Waals surface area contributed by atoms with Crippen molar-refractivity contribution < 1.29 is 13.2 Å². The zero-order chi connectivity index (χ0) is 24.4. The number of nitrogens with zero attached hydrogens (tertiary/aromatic N) is 3. The summed E-state index contributed by atoms with van der Waals surface area (Å²) in [5.41, 5.74) is 2.34. The lowest BCUT2D eigenvalue weighted by Gasteiger charge is -2.12. The molecule has 2 heterocycles. The van der Waals surface area contributed by atoms with Crippen molar-refractivity contribution in [1.29, 1.82) is 0 Å². The van der Waals surface area contributed by atoms with E-state index in [0.29, 0.717) is 22.5 Å². The summed E-state index contributed by atoms with van der Waals surface area (Å²) in [6.07, 6.45) is 1.54. The Morgan fingerprint density at radius 1 is 0.971 bits per heavy atom. The highest BCUT2D eigenvalue weighted by Gasteiger charge is 2.16. The molecule has 0 saturated carbocycles. The fourth-order valence-electron chi connectivity index (χ4n) is 3.37. The minimum atomic E-state index is -3.73. The van der Waals surface area contributed by atoms with Crippen LogP contribution in [0.3, 0.4) is 0 Å². The second kappa shape index (κ2) is 9.76. The Morgan fingerprint density at radius 2 is 1.74 bits per heavy atom. The maximum absolute atomic E-state index is 12.6. The molecule has 2 N–H and O–H groups in total. The lowest BCUT2D eigenvalue weighted by molar-refractivity contribution is 0.415. The van der Waals surface area contributed by atoms with E-state index in [9.17, 15) is 8.42 Å². The number of halogens is 1. The molecule has 5 rings (SSSR count). The molecule has 0 radical (unpaired) electrons. The van der Waals surface area contributed by atoms with Crippen molar-refractivity contribution in [3.05, 3.63) is 81.9 Å². The zero-order valence-corrected chi connectivity index (χ0v) is 22.1. The topological polar surface area (TPSA) is 106 Å². The molecule has 0 unspecified atom stereocenters. The molecule has 176 valence electrons. The van der Waals surface area contributed by atoms with Gasteiger partial charge in [-0.25, -0.2) is 23.4 Å². The zero-order valence-electron chi connectivity index (χ0n) is 18.3. The Hall–Kier alpha value is -3.29. The van der Waals surface area contributed by atoms with Gasteiger partial charge in [0.25, 0.3) is 10.0 Å². The van der Waals surface area contributed by atoms with Gasteiger partial charge in [-0.2, -0.15) is 0 Å². The number of anilines is 3. The molecule has 0 spiro atoms. The molecular formula is C24H18IN5O3S2. The molecule has 3 aromatic carbocycles. The summed E-state index contributed by atoms with van der Waals surface area (Å²) in [6, 6.07) is 20.0. The van der Waals surface area contributed by atoms with Crippen molar-refractivity contribution in [1.82, 2.24) is 15.0 Å². The van der Waals surface area contributed by atoms with E-state index in [0.717, 1.165) is 25.8 Å². The van der Waals surface area contributed by atoms with Crippen LogP contribution < -0.4 is 14.8 Å². The predicted molar refractivity (Wildman–Crippen MR) is 147 cm³/mol. The number of methoxy groups -OCH3 is 1. The largest absolute Gasteiger partial charge is 0.497 e. The number of fused-ring (bicyclic) bond motifs is 1. The number of ether oxygens (including phenoxy) is 1. The van der Waals surface area contributed by atoms with E-state index in [1.165, 1.54) is 23.5 Å². The first-order valence-corrected chi connectivity index (χ1v) is 13.8. The molecule has 5 aromatic rings. The number of nitrogens with one attached hydrogen (secondary N) is 2. The van der Waals surface area contributed by atoms with Gasteiger partial charge in [-0.15, -0.1) is 11.3 Å². The van der Waals surface area contributed by atoms with Crippen LogP contribution in [0.15, 0.2) is 83.2 Å². The fourth-order valence-corrected chi connectivity index (χ4v) is 5.65. The summed E-state index contributed by atoms with van der Waals surface area (Å²) in [4.78, 5) is 13.6. The summed E-state index contributed by atoms with van der Waals surface area (Å²) in [6.45, 7) is 0. The Kier molecular flexibility index (Phi) is 6.54. The molecule has 8 nitrogen and oxygen atoms in total. The normalized spacial score (nSPS) is 11.4. The van der Waals surface area contributed by atoms with Crippen molar-refractivity contribution in [2.75, 3.05) is 17.1 Å². The van der Waals surface area contributed by atoms with E-state index in [2.05, 4.69) is 37.6 Å². The second-order valence-electron chi connectivity index (χ2n) is 7.38. The number of thiazole rings is 1. The maximum Gasteiger partial charge on any atom is 0.263 e. The van der Waals surface area contributed by atoms with Gasteiger partial charge < -0.3 is 10.1 Å². The van der Waals surface area contributed by atoms with Gasteiger partial charge in [0.15, 0.2) is 11.0 Å². The molecule has 0 atom stereocenters. The Balaban J connectivity index is 1.48. The van der Waals surface area contributed by atoms with Crippen molar-refractivity contribution >= 4 is 71.5 Å². The molecule has 0 aliphatic rings. The summed E-state index contributed by atoms with van der Waals surface area (Å²) in [5, 5.41) is 6.21. The van der Waals surface area contributed by atoms with Gasteiger partial charge >= 0.3 is 0 Å². The number of rotatable bonds is 7. The van der Waals surface area contributed by atoms with Gasteiger partial charge in [-0.05, 0) is 89.3 Å². The molecular weight excluding hydrogens is 597 g/mol. The third-order valence-electron chi connectivity index (χ3n) is 5.09. The first-order chi connectivity index (χ1) is 16.9. The standard InChI is InChI=1S/C24H18IN5O3S2/c1-33-18-7-2-15(3-8-18)22-28-21-11-4-16(25)14-20(21)23(29-22)27-17-5-9-19(10-6-17)35(31,32)30-24-26-12-13-34-24/h2-14H,1H3,(H,26,30)(H,27,28,29). The predicted octanol–water partition coefficient (Wildman–Crippen LogP) is 5.91. The monoisotopic (exact) mass is 615 g/mol. The third kappa shape index (κ3) is 5.21. The molecule has 11 heteroatoms. The number of benzene rings is 3. The second-order valence-corrected chi connectivity index (χ2v) is 11.2. The quantitative estimate of drug-likeness (QED) is 0.219. The average Bonchev–Trinajstić information content (AvgIpc) is 3.37. The van der Waals surface area contributed by atoms with Crippen molar-refractivity contribution in [2.24, 2.45) is 0 Å². The SMILES string of the molecule is COc1ccc(-c2nc(Nc3ccc(S(=O)(=O)Nc4nccs4)cc3)c3cc(I)ccc3n2)cc1. The van der Waals surface area contributed by atoms with E-state index in [1.54, 1.807) is 30.8 Å². The summed E-state index contributed by atoms with van der Waals surface area (Å²) in [7, 11) is -2.11. The van der Waals surface area contributed by atoms with Crippen LogP contribution in [0.1, 0.15) is 0 Å². The van der Waals surface area contributed by atoms with E-state index in [1.807, 2.05) is 42.5 Å². The average molecular weight is 615 g/mol. The Labute approximate surface area is 219 Å². The van der Waals surface area contributed by atoms with Gasteiger partial charge in [0, 0.05) is 31.8 Å². The van der Waals surface area contributed by atoms with Crippen LogP contribution in [0.2, 0.25) is 0 Å². The van der Waals surface area contributed by atoms with Gasteiger partial charge in [0.2, 0.25) is 0 Å². The first-order valence-electron chi connectivity index (χ1n) is 10.3. The molecule has 0 aliphatic carbocycles. The summed E-state index contributed by atoms with van der Waals surface area (Å²) < 4.78 is 34.0. The Morgan fingerprint density at radius 3 is 2.43 bits per heavy atom. The lowest BCUT2D eigenvalue weighted by atomic mass is 10.1. The van der Waals surface area contributed by atoms with E-state index >= 15 is 0 Å². The van der Waals surface area contributed by atoms with E-state index in [-0.39, 0.29) is 4.90 Å². The highest BCUT2D eigenvalue weighted by atomic mass is 127.